The molecule has 1 aliphatic carbocycles. The van der Waals surface area contributed by atoms with Crippen LogP contribution in [0, 0.1) is 11.8 Å². The average Bonchev–Trinajstić information content (AvgIpc) is 3.20. The van der Waals surface area contributed by atoms with Crippen LogP contribution in [0.15, 0.2) is 0 Å². The van der Waals surface area contributed by atoms with E-state index < -0.39 is 0 Å². The molecule has 2 aliphatic rings. The minimum atomic E-state index is -0.244. The van der Waals surface area contributed by atoms with Crippen molar-refractivity contribution in [2.24, 2.45) is 11.8 Å². The van der Waals surface area contributed by atoms with Crippen molar-refractivity contribution in [1.29, 1.82) is 0 Å². The monoisotopic (exact) mass is 312 g/mol. The zero-order chi connectivity index (χ0) is 15.6. The van der Waals surface area contributed by atoms with E-state index in [0.29, 0.717) is 5.92 Å². The Bertz CT molecular complexity index is 392. The van der Waals surface area contributed by atoms with Gasteiger partial charge in [-0.15, -0.1) is 11.8 Å². The zero-order valence-corrected chi connectivity index (χ0v) is 14.5. The van der Waals surface area contributed by atoms with Crippen LogP contribution in [0.1, 0.15) is 47.0 Å². The summed E-state index contributed by atoms with van der Waals surface area (Å²) in [6.07, 6.45) is 2.98. The predicted octanol–water partition coefficient (Wildman–Crippen LogP) is 2.58. The molecule has 120 valence electrons. The number of rotatable bonds is 6. The lowest BCUT2D eigenvalue weighted by molar-refractivity contribution is -0.145. The van der Waals surface area contributed by atoms with Crippen LogP contribution in [-0.4, -0.2) is 51.9 Å². The molecule has 0 spiro atoms. The summed E-state index contributed by atoms with van der Waals surface area (Å²) >= 11 is 1.78. The van der Waals surface area contributed by atoms with Gasteiger partial charge in [0.15, 0.2) is 0 Å². The highest BCUT2D eigenvalue weighted by Crippen LogP contribution is 2.39. The fourth-order valence-corrected chi connectivity index (χ4v) is 4.56. The van der Waals surface area contributed by atoms with E-state index in [9.17, 15) is 9.59 Å². The van der Waals surface area contributed by atoms with Crippen molar-refractivity contribution in [3.63, 3.8) is 0 Å². The largest absolute Gasteiger partial charge is 0.341 e. The Balaban J connectivity index is 2.15. The van der Waals surface area contributed by atoms with Crippen LogP contribution in [0.5, 0.6) is 0 Å². The SMILES string of the molecule is CCN(CC)C(=O)C1CSC(CC(C)C)N1C(=O)C1CC1. The number of nitrogens with zero attached hydrogens (tertiary/aromatic N) is 2. The maximum absolute atomic E-state index is 12.7. The standard InChI is InChI=1S/C16H28N2O2S/c1-5-17(6-2)16(20)13-10-21-14(9-11(3)4)18(13)15(19)12-7-8-12/h11-14H,5-10H2,1-4H3. The number of carbonyl (C=O) groups is 2. The van der Waals surface area contributed by atoms with Crippen LogP contribution in [0.2, 0.25) is 0 Å². The van der Waals surface area contributed by atoms with Crippen LogP contribution >= 0.6 is 11.8 Å². The van der Waals surface area contributed by atoms with Gasteiger partial charge in [0, 0.05) is 24.8 Å². The number of carbonyl (C=O) groups excluding carboxylic acids is 2. The molecule has 2 amide bonds. The third-order valence-corrected chi connectivity index (χ3v) is 5.62. The van der Waals surface area contributed by atoms with Crippen molar-refractivity contribution in [1.82, 2.24) is 9.80 Å². The van der Waals surface area contributed by atoms with Crippen molar-refractivity contribution in [3.05, 3.63) is 0 Å². The Labute approximate surface area is 132 Å². The van der Waals surface area contributed by atoms with Crippen LogP contribution in [0.25, 0.3) is 0 Å². The minimum absolute atomic E-state index is 0.132. The lowest BCUT2D eigenvalue weighted by atomic mass is 10.1. The smallest absolute Gasteiger partial charge is 0.246 e. The van der Waals surface area contributed by atoms with Crippen molar-refractivity contribution in [3.8, 4) is 0 Å². The summed E-state index contributed by atoms with van der Waals surface area (Å²) < 4.78 is 0. The quantitative estimate of drug-likeness (QED) is 0.757. The van der Waals surface area contributed by atoms with E-state index in [-0.39, 0.29) is 29.1 Å². The summed E-state index contributed by atoms with van der Waals surface area (Å²) in [6, 6.07) is -0.244. The number of hydrogen-bond acceptors (Lipinski definition) is 3. The third kappa shape index (κ3) is 3.74. The summed E-state index contributed by atoms with van der Waals surface area (Å²) in [5.41, 5.74) is 0. The highest BCUT2D eigenvalue weighted by molar-refractivity contribution is 8.00. The van der Waals surface area contributed by atoms with Gasteiger partial charge < -0.3 is 9.80 Å². The summed E-state index contributed by atoms with van der Waals surface area (Å²) in [7, 11) is 0. The first kappa shape index (κ1) is 16.7. The Morgan fingerprint density at radius 3 is 2.33 bits per heavy atom. The maximum Gasteiger partial charge on any atom is 0.246 e. The lowest BCUT2D eigenvalue weighted by Crippen LogP contribution is -2.51. The van der Waals surface area contributed by atoms with Crippen molar-refractivity contribution < 1.29 is 9.59 Å². The fourth-order valence-electron chi connectivity index (χ4n) is 2.92. The van der Waals surface area contributed by atoms with Crippen molar-refractivity contribution in [2.45, 2.75) is 58.4 Å². The molecule has 1 heterocycles. The van der Waals surface area contributed by atoms with Gasteiger partial charge in [-0.1, -0.05) is 13.8 Å². The Morgan fingerprint density at radius 1 is 1.24 bits per heavy atom. The molecule has 1 saturated heterocycles. The molecule has 4 nitrogen and oxygen atoms in total. The van der Waals surface area contributed by atoms with E-state index in [1.54, 1.807) is 11.8 Å². The lowest BCUT2D eigenvalue weighted by Gasteiger charge is -2.32. The van der Waals surface area contributed by atoms with Gasteiger partial charge in [-0.2, -0.15) is 0 Å². The van der Waals surface area contributed by atoms with E-state index in [0.717, 1.165) is 38.1 Å². The Hall–Kier alpha value is -0.710. The number of hydrogen-bond donors (Lipinski definition) is 0. The molecule has 0 aromatic heterocycles. The van der Waals surface area contributed by atoms with Gasteiger partial charge in [0.2, 0.25) is 11.8 Å². The summed E-state index contributed by atoms with van der Waals surface area (Å²) in [5, 5.41) is 0.183. The first-order chi connectivity index (χ1) is 9.99. The second-order valence-corrected chi connectivity index (χ2v) is 7.67. The van der Waals surface area contributed by atoms with E-state index in [2.05, 4.69) is 13.8 Å². The second kappa shape index (κ2) is 7.03. The molecule has 0 radical (unpaired) electrons. The highest BCUT2D eigenvalue weighted by atomic mass is 32.2. The summed E-state index contributed by atoms with van der Waals surface area (Å²) in [5.74, 6) is 1.83. The van der Waals surface area contributed by atoms with E-state index in [4.69, 9.17) is 0 Å². The topological polar surface area (TPSA) is 40.6 Å². The van der Waals surface area contributed by atoms with Crippen LogP contribution in [-0.2, 0) is 9.59 Å². The molecule has 0 bridgehead atoms. The number of amides is 2. The zero-order valence-electron chi connectivity index (χ0n) is 13.7. The molecule has 0 aromatic carbocycles. The van der Waals surface area contributed by atoms with Gasteiger partial charge in [0.25, 0.3) is 0 Å². The normalized spacial score (nSPS) is 25.5. The molecule has 1 aliphatic heterocycles. The first-order valence-corrected chi connectivity index (χ1v) is 9.26. The van der Waals surface area contributed by atoms with Crippen LogP contribution in [0.3, 0.4) is 0 Å². The molecular weight excluding hydrogens is 284 g/mol. The molecule has 2 fully saturated rings. The number of thioether (sulfide) groups is 1. The molecule has 0 aromatic rings. The average molecular weight is 312 g/mol. The highest BCUT2D eigenvalue weighted by Gasteiger charge is 2.46. The number of likely N-dealkylation sites (N-methyl/N-ethyl adjacent to an activating group) is 1. The predicted molar refractivity (Wildman–Crippen MR) is 87.0 cm³/mol. The van der Waals surface area contributed by atoms with Crippen molar-refractivity contribution >= 4 is 23.6 Å². The summed E-state index contributed by atoms with van der Waals surface area (Å²) in [4.78, 5) is 29.2. The van der Waals surface area contributed by atoms with Gasteiger partial charge in [-0.25, -0.2) is 0 Å². The molecule has 21 heavy (non-hydrogen) atoms. The molecule has 2 unspecified atom stereocenters. The van der Waals surface area contributed by atoms with Gasteiger partial charge >= 0.3 is 0 Å². The second-order valence-electron chi connectivity index (χ2n) is 6.46. The van der Waals surface area contributed by atoms with Gasteiger partial charge in [-0.3, -0.25) is 9.59 Å². The first-order valence-electron chi connectivity index (χ1n) is 8.22. The Kier molecular flexibility index (Phi) is 5.58. The van der Waals surface area contributed by atoms with Gasteiger partial charge in [0.05, 0.1) is 5.37 Å². The minimum Gasteiger partial charge on any atom is -0.341 e. The van der Waals surface area contributed by atoms with Gasteiger partial charge in [0.1, 0.15) is 6.04 Å². The van der Waals surface area contributed by atoms with E-state index in [1.807, 2.05) is 23.6 Å². The molecule has 5 heteroatoms. The van der Waals surface area contributed by atoms with E-state index in [1.165, 1.54) is 0 Å². The molecular formula is C16H28N2O2S. The molecule has 2 atom stereocenters. The molecule has 0 N–H and O–H groups in total. The van der Waals surface area contributed by atoms with Crippen LogP contribution in [0.4, 0.5) is 0 Å². The molecule has 1 saturated carbocycles. The van der Waals surface area contributed by atoms with Gasteiger partial charge in [-0.05, 0) is 39.0 Å². The Morgan fingerprint density at radius 2 is 1.86 bits per heavy atom. The maximum atomic E-state index is 12.7. The van der Waals surface area contributed by atoms with Crippen molar-refractivity contribution in [2.75, 3.05) is 18.8 Å². The van der Waals surface area contributed by atoms with Crippen LogP contribution < -0.4 is 0 Å². The van der Waals surface area contributed by atoms with E-state index >= 15 is 0 Å². The summed E-state index contributed by atoms with van der Waals surface area (Å²) in [6.45, 7) is 9.80. The molecule has 2 rings (SSSR count). The third-order valence-electron chi connectivity index (χ3n) is 4.31. The fraction of sp³-hybridized carbons (Fsp3) is 0.875.